The Morgan fingerprint density at radius 3 is 2.67 bits per heavy atom. The number of nitrogens with one attached hydrogen (secondary N) is 1. The van der Waals surface area contributed by atoms with E-state index < -0.39 is 6.03 Å². The van der Waals surface area contributed by atoms with E-state index >= 15 is 0 Å². The molecule has 8 heteroatoms. The Morgan fingerprint density at radius 2 is 2.04 bits per heavy atom. The molecule has 0 spiro atoms. The van der Waals surface area contributed by atoms with Gasteiger partial charge in [-0.1, -0.05) is 12.1 Å². The molecule has 3 amide bonds. The third-order valence-corrected chi connectivity index (χ3v) is 6.03. The molecule has 1 aliphatic heterocycles. The maximum Gasteiger partial charge on any atom is 0.315 e. The Labute approximate surface area is 155 Å². The number of carbonyl (C=O) groups is 2. The molecule has 0 saturated heterocycles. The number of aromatic nitrogens is 2. The Balaban J connectivity index is 1.58. The Morgan fingerprint density at radius 1 is 1.26 bits per heavy atom. The number of nitrogens with zero attached hydrogens (tertiary/aromatic N) is 3. The summed E-state index contributed by atoms with van der Waals surface area (Å²) in [5, 5.41) is 7.73. The van der Waals surface area contributed by atoms with Crippen molar-refractivity contribution in [2.24, 2.45) is 11.7 Å². The minimum absolute atomic E-state index is 0.0895. The van der Waals surface area contributed by atoms with Gasteiger partial charge in [0.2, 0.25) is 0 Å². The SMILES string of the molecule is NC(=O)N1CCn2nc(-c3cccc(F)c3)c(C(=O)NC34CC(C3)C4)c2C1. The lowest BCUT2D eigenvalue weighted by atomic mass is 9.50. The first-order valence-corrected chi connectivity index (χ1v) is 9.17. The van der Waals surface area contributed by atoms with E-state index in [1.807, 2.05) is 0 Å². The number of fused-ring (bicyclic) bond motifs is 1. The van der Waals surface area contributed by atoms with Crippen LogP contribution in [-0.4, -0.2) is 38.7 Å². The van der Waals surface area contributed by atoms with Crippen molar-refractivity contribution in [2.45, 2.75) is 37.9 Å². The fraction of sp³-hybridized carbons (Fsp3) is 0.421. The second-order valence-corrected chi connectivity index (χ2v) is 7.88. The van der Waals surface area contributed by atoms with Crippen molar-refractivity contribution in [3.63, 3.8) is 0 Å². The Hall–Kier alpha value is -2.90. The highest BCUT2D eigenvalue weighted by atomic mass is 19.1. The molecule has 2 aromatic rings. The van der Waals surface area contributed by atoms with E-state index in [1.54, 1.807) is 16.8 Å². The highest BCUT2D eigenvalue weighted by Gasteiger charge is 2.57. The van der Waals surface area contributed by atoms with Gasteiger partial charge < -0.3 is 16.0 Å². The van der Waals surface area contributed by atoms with E-state index in [4.69, 9.17) is 5.73 Å². The third kappa shape index (κ3) is 2.50. The fourth-order valence-corrected chi connectivity index (χ4v) is 4.52. The van der Waals surface area contributed by atoms with Crippen LogP contribution in [0.4, 0.5) is 9.18 Å². The average molecular weight is 369 g/mol. The summed E-state index contributed by atoms with van der Waals surface area (Å²) in [7, 11) is 0. The van der Waals surface area contributed by atoms with E-state index in [0.717, 1.165) is 25.2 Å². The summed E-state index contributed by atoms with van der Waals surface area (Å²) >= 11 is 0. The Bertz CT molecular complexity index is 952. The number of amides is 3. The van der Waals surface area contributed by atoms with Gasteiger partial charge in [0.25, 0.3) is 5.91 Å². The average Bonchev–Trinajstić information content (AvgIpc) is 2.95. The number of hydrogen-bond donors (Lipinski definition) is 2. The molecule has 27 heavy (non-hydrogen) atoms. The van der Waals surface area contributed by atoms with E-state index in [-0.39, 0.29) is 23.8 Å². The molecule has 140 valence electrons. The molecule has 3 aliphatic carbocycles. The van der Waals surface area contributed by atoms with Crippen molar-refractivity contribution in [3.05, 3.63) is 41.3 Å². The lowest BCUT2D eigenvalue weighted by Crippen LogP contribution is -2.68. The zero-order valence-electron chi connectivity index (χ0n) is 14.7. The monoisotopic (exact) mass is 369 g/mol. The summed E-state index contributed by atoms with van der Waals surface area (Å²) in [6.45, 7) is 1.09. The topological polar surface area (TPSA) is 93.2 Å². The van der Waals surface area contributed by atoms with Gasteiger partial charge in [0.1, 0.15) is 11.5 Å². The summed E-state index contributed by atoms with van der Waals surface area (Å²) in [6, 6.07) is 5.54. The molecule has 2 bridgehead atoms. The molecule has 1 aromatic heterocycles. The zero-order chi connectivity index (χ0) is 18.8. The number of halogens is 1. The van der Waals surface area contributed by atoms with Gasteiger partial charge in [-0.25, -0.2) is 9.18 Å². The van der Waals surface area contributed by atoms with Crippen LogP contribution in [-0.2, 0) is 13.1 Å². The summed E-state index contributed by atoms with van der Waals surface area (Å²) in [5.74, 6) is 0.141. The van der Waals surface area contributed by atoms with E-state index in [2.05, 4.69) is 10.4 Å². The first kappa shape index (κ1) is 16.3. The van der Waals surface area contributed by atoms with Crippen molar-refractivity contribution < 1.29 is 14.0 Å². The summed E-state index contributed by atoms with van der Waals surface area (Å²) in [6.07, 6.45) is 3.06. The predicted molar refractivity (Wildman–Crippen MR) is 95.2 cm³/mol. The van der Waals surface area contributed by atoms with E-state index in [9.17, 15) is 14.0 Å². The lowest BCUT2D eigenvalue weighted by molar-refractivity contribution is -0.0438. The van der Waals surface area contributed by atoms with Crippen LogP contribution in [0.3, 0.4) is 0 Å². The van der Waals surface area contributed by atoms with Gasteiger partial charge in [0, 0.05) is 17.6 Å². The predicted octanol–water partition coefficient (Wildman–Crippen LogP) is 1.87. The van der Waals surface area contributed by atoms with Crippen LogP contribution in [0.1, 0.15) is 35.3 Å². The number of carbonyl (C=O) groups excluding carboxylic acids is 2. The molecule has 4 aliphatic rings. The molecule has 1 aromatic carbocycles. The number of primary amides is 1. The van der Waals surface area contributed by atoms with Gasteiger partial charge >= 0.3 is 6.03 Å². The lowest BCUT2D eigenvalue weighted by Gasteiger charge is -2.61. The second-order valence-electron chi connectivity index (χ2n) is 7.88. The third-order valence-electron chi connectivity index (χ3n) is 6.03. The molecule has 3 fully saturated rings. The molecule has 6 rings (SSSR count). The number of hydrogen-bond acceptors (Lipinski definition) is 3. The molecular weight excluding hydrogens is 349 g/mol. The van der Waals surface area contributed by atoms with Crippen molar-refractivity contribution in [1.82, 2.24) is 20.0 Å². The van der Waals surface area contributed by atoms with Crippen LogP contribution in [0.5, 0.6) is 0 Å². The van der Waals surface area contributed by atoms with Crippen LogP contribution >= 0.6 is 0 Å². The quantitative estimate of drug-likeness (QED) is 0.865. The van der Waals surface area contributed by atoms with Crippen LogP contribution in [0.25, 0.3) is 11.3 Å². The molecule has 0 atom stereocenters. The molecule has 2 heterocycles. The molecule has 0 unspecified atom stereocenters. The minimum atomic E-state index is -0.527. The molecule has 7 nitrogen and oxygen atoms in total. The van der Waals surface area contributed by atoms with Crippen molar-refractivity contribution >= 4 is 11.9 Å². The first-order valence-electron chi connectivity index (χ1n) is 9.17. The molecular formula is C19H20FN5O2. The van der Waals surface area contributed by atoms with Crippen molar-refractivity contribution in [1.29, 1.82) is 0 Å². The molecule has 0 radical (unpaired) electrons. The van der Waals surface area contributed by atoms with E-state index in [1.165, 1.54) is 17.0 Å². The van der Waals surface area contributed by atoms with Crippen LogP contribution in [0.15, 0.2) is 24.3 Å². The van der Waals surface area contributed by atoms with Crippen LogP contribution in [0, 0.1) is 11.7 Å². The molecule has 3 N–H and O–H groups in total. The second kappa shape index (κ2) is 5.55. The maximum atomic E-state index is 13.8. The van der Waals surface area contributed by atoms with Crippen LogP contribution < -0.4 is 11.1 Å². The number of urea groups is 1. The fourth-order valence-electron chi connectivity index (χ4n) is 4.52. The van der Waals surface area contributed by atoms with Gasteiger partial charge in [-0.15, -0.1) is 0 Å². The number of benzene rings is 1. The highest BCUT2D eigenvalue weighted by Crippen LogP contribution is 2.57. The number of rotatable bonds is 3. The van der Waals surface area contributed by atoms with Crippen molar-refractivity contribution in [2.75, 3.05) is 6.54 Å². The van der Waals surface area contributed by atoms with Crippen molar-refractivity contribution in [3.8, 4) is 11.3 Å². The smallest absolute Gasteiger partial charge is 0.315 e. The van der Waals surface area contributed by atoms with E-state index in [0.29, 0.717) is 35.6 Å². The molecule has 3 saturated carbocycles. The number of nitrogens with two attached hydrogens (primary N) is 1. The van der Waals surface area contributed by atoms with Crippen LogP contribution in [0.2, 0.25) is 0 Å². The largest absolute Gasteiger partial charge is 0.351 e. The normalized spacial score (nSPS) is 25.2. The summed E-state index contributed by atoms with van der Waals surface area (Å²) in [4.78, 5) is 26.3. The first-order chi connectivity index (χ1) is 12.9. The van der Waals surface area contributed by atoms with Gasteiger partial charge in [-0.3, -0.25) is 9.48 Å². The minimum Gasteiger partial charge on any atom is -0.351 e. The van der Waals surface area contributed by atoms with Gasteiger partial charge in [-0.05, 0) is 37.3 Å². The Kier molecular flexibility index (Phi) is 3.35. The van der Waals surface area contributed by atoms with Gasteiger partial charge in [0.15, 0.2) is 0 Å². The maximum absolute atomic E-state index is 13.8. The van der Waals surface area contributed by atoms with Gasteiger partial charge in [0.05, 0.1) is 24.3 Å². The highest BCUT2D eigenvalue weighted by molar-refractivity contribution is 6.02. The summed E-state index contributed by atoms with van der Waals surface area (Å²) < 4.78 is 15.5. The zero-order valence-corrected chi connectivity index (χ0v) is 14.7. The van der Waals surface area contributed by atoms with Gasteiger partial charge in [-0.2, -0.15) is 5.10 Å². The summed E-state index contributed by atoms with van der Waals surface area (Å²) in [5.41, 5.74) is 7.39. The standard InChI is InChI=1S/C19H20FN5O2/c20-13-3-1-2-12(6-13)16-15(17(26)22-19-7-11(8-19)9-19)14-10-24(18(21)27)4-5-25(14)23-16/h1-3,6,11H,4-5,7-10H2,(H2,21,27)(H,22,26).